The van der Waals surface area contributed by atoms with Crippen LogP contribution in [-0.2, 0) is 4.74 Å². The van der Waals surface area contributed by atoms with Crippen LogP contribution in [0.2, 0.25) is 5.15 Å². The van der Waals surface area contributed by atoms with Gasteiger partial charge in [0.05, 0.1) is 12.0 Å². The highest BCUT2D eigenvalue weighted by Crippen LogP contribution is 2.25. The lowest BCUT2D eigenvalue weighted by Gasteiger charge is -1.98. The molecule has 5 nitrogen and oxygen atoms in total. The number of rotatable bonds is 2. The fourth-order valence-electron chi connectivity index (χ4n) is 1.20. The molecule has 15 heavy (non-hydrogen) atoms. The second kappa shape index (κ2) is 3.86. The number of fused-ring (bicyclic) bond motifs is 1. The Balaban J connectivity index is 2.57. The summed E-state index contributed by atoms with van der Waals surface area (Å²) in [5, 5.41) is 0.564. The number of nitrogens with zero attached hydrogens (tertiary/aromatic N) is 2. The van der Waals surface area contributed by atoms with Gasteiger partial charge in [-0.15, -0.1) is 0 Å². The molecule has 6 heteroatoms. The Morgan fingerprint density at radius 1 is 1.60 bits per heavy atom. The van der Waals surface area contributed by atoms with Gasteiger partial charge < -0.3 is 9.15 Å². The van der Waals surface area contributed by atoms with E-state index in [1.165, 1.54) is 12.6 Å². The van der Waals surface area contributed by atoms with Gasteiger partial charge in [-0.2, -0.15) is 0 Å². The molecule has 78 valence electrons. The molecule has 2 heterocycles. The molecule has 0 aliphatic rings. The number of aromatic nitrogens is 2. The second-order valence-corrected chi connectivity index (χ2v) is 3.07. The van der Waals surface area contributed by atoms with Gasteiger partial charge in [0.2, 0.25) is 5.71 Å². The predicted molar refractivity (Wildman–Crippen MR) is 52.8 cm³/mol. The highest BCUT2D eigenvalue weighted by atomic mass is 35.5. The van der Waals surface area contributed by atoms with Crippen molar-refractivity contribution in [2.24, 2.45) is 0 Å². The van der Waals surface area contributed by atoms with Crippen molar-refractivity contribution < 1.29 is 13.9 Å². The van der Waals surface area contributed by atoms with Crippen LogP contribution in [0.15, 0.2) is 17.0 Å². The van der Waals surface area contributed by atoms with E-state index in [9.17, 15) is 4.79 Å². The quantitative estimate of drug-likeness (QED) is 0.579. The average Bonchev–Trinajstić information content (AvgIpc) is 2.63. The van der Waals surface area contributed by atoms with Crippen LogP contribution in [0.4, 0.5) is 0 Å². The highest BCUT2D eigenvalue weighted by Gasteiger charge is 2.18. The first-order valence-electron chi connectivity index (χ1n) is 4.29. The van der Waals surface area contributed by atoms with Gasteiger partial charge in [-0.1, -0.05) is 11.6 Å². The zero-order valence-electron chi connectivity index (χ0n) is 7.86. The van der Waals surface area contributed by atoms with Crippen LogP contribution in [0.25, 0.3) is 11.1 Å². The van der Waals surface area contributed by atoms with Crippen molar-refractivity contribution in [1.29, 1.82) is 0 Å². The fourth-order valence-corrected chi connectivity index (χ4v) is 1.42. The Hall–Kier alpha value is -1.62. The van der Waals surface area contributed by atoms with E-state index >= 15 is 0 Å². The molecule has 2 aromatic heterocycles. The van der Waals surface area contributed by atoms with E-state index in [0.29, 0.717) is 5.39 Å². The molecule has 0 spiro atoms. The van der Waals surface area contributed by atoms with Gasteiger partial charge in [0.25, 0.3) is 0 Å². The molecule has 0 aromatic carbocycles. The van der Waals surface area contributed by atoms with Crippen LogP contribution in [0.5, 0.6) is 0 Å². The first-order valence-corrected chi connectivity index (χ1v) is 4.66. The summed E-state index contributed by atoms with van der Waals surface area (Å²) in [5.74, 6) is -0.493. The number of carbonyl (C=O) groups is 1. The van der Waals surface area contributed by atoms with Gasteiger partial charge in [0.1, 0.15) is 23.3 Å². The van der Waals surface area contributed by atoms with Crippen LogP contribution in [0.1, 0.15) is 17.3 Å². The number of hydrogen-bond donors (Lipinski definition) is 0. The normalized spacial score (nSPS) is 10.5. The maximum Gasteiger partial charge on any atom is 0.342 e. The molecule has 0 saturated heterocycles. The first kappa shape index (κ1) is 9.92. The fraction of sp³-hybridized carbons (Fsp3) is 0.222. The zero-order valence-corrected chi connectivity index (χ0v) is 8.61. The molecular weight excluding hydrogens is 220 g/mol. The van der Waals surface area contributed by atoms with E-state index in [4.69, 9.17) is 20.8 Å². The predicted octanol–water partition coefficient (Wildman–Crippen LogP) is 2.05. The van der Waals surface area contributed by atoms with Crippen molar-refractivity contribution in [2.45, 2.75) is 6.92 Å². The van der Waals surface area contributed by atoms with Gasteiger partial charge in [0, 0.05) is 0 Å². The van der Waals surface area contributed by atoms with Gasteiger partial charge in [-0.05, 0) is 6.92 Å². The third-order valence-corrected chi connectivity index (χ3v) is 2.11. The number of furan rings is 1. The van der Waals surface area contributed by atoms with Crippen LogP contribution in [-0.4, -0.2) is 22.5 Å². The molecule has 0 saturated carbocycles. The van der Waals surface area contributed by atoms with Gasteiger partial charge in [-0.3, -0.25) is 0 Å². The van der Waals surface area contributed by atoms with Crippen molar-refractivity contribution in [3.05, 3.63) is 23.3 Å². The summed E-state index contributed by atoms with van der Waals surface area (Å²) in [4.78, 5) is 19.1. The summed E-state index contributed by atoms with van der Waals surface area (Å²) < 4.78 is 9.90. The van der Waals surface area contributed by atoms with Crippen molar-refractivity contribution in [3.63, 3.8) is 0 Å². The largest absolute Gasteiger partial charge is 0.462 e. The Bertz CT molecular complexity index is 509. The zero-order chi connectivity index (χ0) is 10.8. The van der Waals surface area contributed by atoms with E-state index in [1.54, 1.807) is 6.92 Å². The van der Waals surface area contributed by atoms with E-state index in [-0.39, 0.29) is 23.0 Å². The molecular formula is C9H7ClN2O3. The van der Waals surface area contributed by atoms with Crippen molar-refractivity contribution >= 4 is 28.7 Å². The van der Waals surface area contributed by atoms with Crippen LogP contribution in [0, 0.1) is 0 Å². The topological polar surface area (TPSA) is 65.2 Å². The van der Waals surface area contributed by atoms with Crippen LogP contribution < -0.4 is 0 Å². The summed E-state index contributed by atoms with van der Waals surface area (Å²) in [5.41, 5.74) is 0.524. The molecule has 0 unspecified atom stereocenters. The Morgan fingerprint density at radius 2 is 2.40 bits per heavy atom. The van der Waals surface area contributed by atoms with Gasteiger partial charge >= 0.3 is 5.97 Å². The molecule has 0 fully saturated rings. The lowest BCUT2D eigenvalue weighted by atomic mass is 10.2. The molecule has 2 aromatic rings. The molecule has 0 bridgehead atoms. The minimum Gasteiger partial charge on any atom is -0.462 e. The first-order chi connectivity index (χ1) is 7.24. The molecule has 2 rings (SSSR count). The molecule has 0 aliphatic carbocycles. The van der Waals surface area contributed by atoms with E-state index < -0.39 is 5.97 Å². The van der Waals surface area contributed by atoms with Crippen molar-refractivity contribution in [3.8, 4) is 0 Å². The summed E-state index contributed by atoms with van der Waals surface area (Å²) >= 11 is 5.83. The number of carbonyl (C=O) groups excluding carboxylic acids is 1. The second-order valence-electron chi connectivity index (χ2n) is 2.71. The number of hydrogen-bond acceptors (Lipinski definition) is 5. The minimum atomic E-state index is -0.493. The lowest BCUT2D eigenvalue weighted by molar-refractivity contribution is 0.0527. The number of ether oxygens (including phenoxy) is 1. The van der Waals surface area contributed by atoms with Crippen LogP contribution in [0.3, 0.4) is 0 Å². The molecule has 0 amide bonds. The van der Waals surface area contributed by atoms with Crippen molar-refractivity contribution in [1.82, 2.24) is 9.97 Å². The van der Waals surface area contributed by atoms with E-state index in [0.717, 1.165) is 0 Å². The van der Waals surface area contributed by atoms with E-state index in [1.807, 2.05) is 0 Å². The summed E-state index contributed by atoms with van der Waals surface area (Å²) in [6.07, 6.45) is 2.53. The maximum atomic E-state index is 11.5. The average molecular weight is 227 g/mol. The van der Waals surface area contributed by atoms with Crippen LogP contribution >= 0.6 is 11.6 Å². The standard InChI is InChI=1S/C9H7ClN2O3/c1-2-14-9(13)5-3-15-8-6(5)7(10)11-4-12-8/h3-4H,2H2,1H3. The van der Waals surface area contributed by atoms with Gasteiger partial charge in [0.15, 0.2) is 0 Å². The Morgan fingerprint density at radius 3 is 3.13 bits per heavy atom. The summed E-state index contributed by atoms with van der Waals surface area (Å²) in [7, 11) is 0. The number of esters is 1. The molecule has 0 aliphatic heterocycles. The minimum absolute atomic E-state index is 0.178. The Labute approximate surface area is 90.0 Å². The highest BCUT2D eigenvalue weighted by molar-refractivity contribution is 6.35. The maximum absolute atomic E-state index is 11.5. The smallest absolute Gasteiger partial charge is 0.342 e. The van der Waals surface area contributed by atoms with E-state index in [2.05, 4.69) is 9.97 Å². The third kappa shape index (κ3) is 1.66. The molecule has 0 radical (unpaired) electrons. The summed E-state index contributed by atoms with van der Waals surface area (Å²) in [6.45, 7) is 2.01. The summed E-state index contributed by atoms with van der Waals surface area (Å²) in [6, 6.07) is 0. The molecule has 0 N–H and O–H groups in total. The van der Waals surface area contributed by atoms with Crippen molar-refractivity contribution in [2.75, 3.05) is 6.61 Å². The lowest BCUT2D eigenvalue weighted by Crippen LogP contribution is -2.03. The SMILES string of the molecule is CCOC(=O)c1coc2ncnc(Cl)c12. The van der Waals surface area contributed by atoms with Gasteiger partial charge in [-0.25, -0.2) is 14.8 Å². The Kier molecular flexibility index (Phi) is 2.55. The molecule has 0 atom stereocenters. The monoisotopic (exact) mass is 226 g/mol. The number of halogens is 1. The third-order valence-electron chi connectivity index (χ3n) is 1.82.